The SMILES string of the molecule is CC(C)C1CCCCC1NCc1ccc(O)c(Br)c1. The number of rotatable bonds is 4. The third-order valence-electron chi connectivity index (χ3n) is 4.26. The van der Waals surface area contributed by atoms with Crippen molar-refractivity contribution in [3.8, 4) is 5.75 Å². The first kappa shape index (κ1) is 14.9. The van der Waals surface area contributed by atoms with Gasteiger partial charge in [0.25, 0.3) is 0 Å². The molecule has 0 bridgehead atoms. The van der Waals surface area contributed by atoms with Gasteiger partial charge < -0.3 is 10.4 Å². The van der Waals surface area contributed by atoms with Crippen LogP contribution < -0.4 is 5.32 Å². The summed E-state index contributed by atoms with van der Waals surface area (Å²) in [6.07, 6.45) is 5.38. The zero-order valence-corrected chi connectivity index (χ0v) is 13.4. The first-order valence-electron chi connectivity index (χ1n) is 7.28. The zero-order valence-electron chi connectivity index (χ0n) is 11.8. The van der Waals surface area contributed by atoms with Crippen molar-refractivity contribution in [2.45, 2.75) is 52.1 Å². The maximum Gasteiger partial charge on any atom is 0.129 e. The second-order valence-electron chi connectivity index (χ2n) is 5.97. The minimum absolute atomic E-state index is 0.307. The monoisotopic (exact) mass is 325 g/mol. The Balaban J connectivity index is 1.94. The molecule has 0 saturated heterocycles. The van der Waals surface area contributed by atoms with E-state index in [0.717, 1.165) is 22.9 Å². The largest absolute Gasteiger partial charge is 0.507 e. The van der Waals surface area contributed by atoms with Gasteiger partial charge in [0.05, 0.1) is 4.47 Å². The molecule has 1 aliphatic carbocycles. The molecule has 1 fully saturated rings. The molecule has 19 heavy (non-hydrogen) atoms. The molecule has 2 unspecified atom stereocenters. The van der Waals surface area contributed by atoms with Crippen molar-refractivity contribution < 1.29 is 5.11 Å². The molecule has 0 amide bonds. The Morgan fingerprint density at radius 2 is 2.05 bits per heavy atom. The molecule has 0 aliphatic heterocycles. The minimum atomic E-state index is 0.307. The van der Waals surface area contributed by atoms with E-state index in [1.807, 2.05) is 12.1 Å². The number of nitrogens with one attached hydrogen (secondary N) is 1. The third kappa shape index (κ3) is 3.96. The van der Waals surface area contributed by atoms with Gasteiger partial charge in [-0.3, -0.25) is 0 Å². The molecule has 2 N–H and O–H groups in total. The molecule has 0 radical (unpaired) electrons. The number of hydrogen-bond acceptors (Lipinski definition) is 2. The van der Waals surface area contributed by atoms with Crippen LogP contribution in [0.25, 0.3) is 0 Å². The zero-order chi connectivity index (χ0) is 13.8. The van der Waals surface area contributed by atoms with Crippen LogP contribution in [0.5, 0.6) is 5.75 Å². The van der Waals surface area contributed by atoms with Crippen LogP contribution in [0.2, 0.25) is 0 Å². The van der Waals surface area contributed by atoms with Crippen molar-refractivity contribution in [2.75, 3.05) is 0 Å². The molecule has 0 heterocycles. The van der Waals surface area contributed by atoms with Crippen LogP contribution in [0, 0.1) is 11.8 Å². The number of phenols is 1. The van der Waals surface area contributed by atoms with Crippen molar-refractivity contribution in [1.82, 2.24) is 5.32 Å². The summed E-state index contributed by atoms with van der Waals surface area (Å²) >= 11 is 3.37. The Kier molecular flexibility index (Phi) is 5.28. The highest BCUT2D eigenvalue weighted by atomic mass is 79.9. The van der Waals surface area contributed by atoms with Gasteiger partial charge >= 0.3 is 0 Å². The number of phenolic OH excluding ortho intramolecular Hbond substituents is 1. The normalized spacial score (nSPS) is 23.8. The summed E-state index contributed by atoms with van der Waals surface area (Å²) in [5, 5.41) is 13.2. The number of benzene rings is 1. The molecule has 0 spiro atoms. The van der Waals surface area contributed by atoms with Crippen molar-refractivity contribution in [3.05, 3.63) is 28.2 Å². The Bertz CT molecular complexity index is 419. The lowest BCUT2D eigenvalue weighted by atomic mass is 9.78. The van der Waals surface area contributed by atoms with E-state index in [-0.39, 0.29) is 0 Å². The summed E-state index contributed by atoms with van der Waals surface area (Å²) in [5.74, 6) is 1.86. The predicted molar refractivity (Wildman–Crippen MR) is 83.2 cm³/mol. The minimum Gasteiger partial charge on any atom is -0.507 e. The fourth-order valence-electron chi connectivity index (χ4n) is 3.12. The van der Waals surface area contributed by atoms with Crippen molar-refractivity contribution in [2.24, 2.45) is 11.8 Å². The first-order valence-corrected chi connectivity index (χ1v) is 8.08. The lowest BCUT2D eigenvalue weighted by Crippen LogP contribution is -2.40. The summed E-state index contributed by atoms with van der Waals surface area (Å²) < 4.78 is 0.774. The topological polar surface area (TPSA) is 32.3 Å². The summed E-state index contributed by atoms with van der Waals surface area (Å²) in [6, 6.07) is 6.37. The van der Waals surface area contributed by atoms with Gasteiger partial charge in [0, 0.05) is 12.6 Å². The van der Waals surface area contributed by atoms with Crippen LogP contribution in [0.4, 0.5) is 0 Å². The van der Waals surface area contributed by atoms with E-state index in [1.165, 1.54) is 31.2 Å². The van der Waals surface area contributed by atoms with Gasteiger partial charge in [-0.1, -0.05) is 32.8 Å². The standard InChI is InChI=1S/C16H24BrNO/c1-11(2)13-5-3-4-6-15(13)18-10-12-7-8-16(19)14(17)9-12/h7-9,11,13,15,18-19H,3-6,10H2,1-2H3. The Hall–Kier alpha value is -0.540. The van der Waals surface area contributed by atoms with Gasteiger partial charge in [-0.05, 0) is 58.3 Å². The summed E-state index contributed by atoms with van der Waals surface area (Å²) in [5.41, 5.74) is 1.22. The van der Waals surface area contributed by atoms with Crippen LogP contribution in [0.15, 0.2) is 22.7 Å². The van der Waals surface area contributed by atoms with E-state index in [4.69, 9.17) is 0 Å². The second-order valence-corrected chi connectivity index (χ2v) is 6.82. The molecular formula is C16H24BrNO. The number of halogens is 1. The van der Waals surface area contributed by atoms with Crippen molar-refractivity contribution in [3.63, 3.8) is 0 Å². The Morgan fingerprint density at radius 3 is 2.74 bits per heavy atom. The molecule has 1 aliphatic rings. The molecule has 106 valence electrons. The Labute approximate surface area is 124 Å². The fourth-order valence-corrected chi connectivity index (χ4v) is 3.55. The summed E-state index contributed by atoms with van der Waals surface area (Å²) in [7, 11) is 0. The van der Waals surface area contributed by atoms with Gasteiger partial charge in [0.2, 0.25) is 0 Å². The quantitative estimate of drug-likeness (QED) is 0.856. The van der Waals surface area contributed by atoms with Gasteiger partial charge in [-0.25, -0.2) is 0 Å². The predicted octanol–water partition coefficient (Wildman–Crippen LogP) is 4.46. The molecule has 3 heteroatoms. The second kappa shape index (κ2) is 6.76. The van der Waals surface area contributed by atoms with Gasteiger partial charge in [-0.2, -0.15) is 0 Å². The summed E-state index contributed by atoms with van der Waals surface area (Å²) in [4.78, 5) is 0. The van der Waals surface area contributed by atoms with Crippen molar-refractivity contribution >= 4 is 15.9 Å². The van der Waals surface area contributed by atoms with Gasteiger partial charge in [-0.15, -0.1) is 0 Å². The fraction of sp³-hybridized carbons (Fsp3) is 0.625. The molecule has 1 saturated carbocycles. The molecule has 1 aromatic rings. The number of hydrogen-bond donors (Lipinski definition) is 2. The third-order valence-corrected chi connectivity index (χ3v) is 4.89. The first-order chi connectivity index (χ1) is 9.08. The van der Waals surface area contributed by atoms with Gasteiger partial charge in [0.1, 0.15) is 5.75 Å². The summed E-state index contributed by atoms with van der Waals surface area (Å²) in [6.45, 7) is 5.55. The van der Waals surface area contributed by atoms with Crippen LogP contribution in [-0.4, -0.2) is 11.1 Å². The van der Waals surface area contributed by atoms with Crippen molar-refractivity contribution in [1.29, 1.82) is 0 Å². The average molecular weight is 326 g/mol. The molecule has 1 aromatic carbocycles. The molecule has 2 atom stereocenters. The van der Waals surface area contributed by atoms with E-state index < -0.39 is 0 Å². The molecule has 2 rings (SSSR count). The van der Waals surface area contributed by atoms with Crippen LogP contribution in [0.3, 0.4) is 0 Å². The highest BCUT2D eigenvalue weighted by Crippen LogP contribution is 2.30. The smallest absolute Gasteiger partial charge is 0.129 e. The van der Waals surface area contributed by atoms with E-state index in [1.54, 1.807) is 6.07 Å². The van der Waals surface area contributed by atoms with Crippen LogP contribution in [-0.2, 0) is 6.54 Å². The highest BCUT2D eigenvalue weighted by molar-refractivity contribution is 9.10. The molecule has 2 nitrogen and oxygen atoms in total. The highest BCUT2D eigenvalue weighted by Gasteiger charge is 2.26. The van der Waals surface area contributed by atoms with E-state index in [9.17, 15) is 5.11 Å². The van der Waals surface area contributed by atoms with E-state index in [0.29, 0.717) is 11.8 Å². The Morgan fingerprint density at radius 1 is 1.32 bits per heavy atom. The van der Waals surface area contributed by atoms with Crippen LogP contribution in [0.1, 0.15) is 45.1 Å². The molecular weight excluding hydrogens is 302 g/mol. The lowest BCUT2D eigenvalue weighted by molar-refractivity contribution is 0.204. The average Bonchev–Trinajstić information content (AvgIpc) is 2.40. The maximum atomic E-state index is 9.51. The van der Waals surface area contributed by atoms with E-state index in [2.05, 4.69) is 35.1 Å². The van der Waals surface area contributed by atoms with E-state index >= 15 is 0 Å². The number of aromatic hydroxyl groups is 1. The van der Waals surface area contributed by atoms with Gasteiger partial charge in [0.15, 0.2) is 0 Å². The lowest BCUT2D eigenvalue weighted by Gasteiger charge is -2.35. The maximum absolute atomic E-state index is 9.51. The molecule has 0 aromatic heterocycles. The van der Waals surface area contributed by atoms with Crippen LogP contribution >= 0.6 is 15.9 Å².